The summed E-state index contributed by atoms with van der Waals surface area (Å²) in [6.45, 7) is 5.39. The number of carbonyl (C=O) groups excluding carboxylic acids is 2. The first-order valence-corrected chi connectivity index (χ1v) is 9.56. The largest absolute Gasteiger partial charge is 0.448 e. The molecule has 2 aromatic rings. The molecule has 2 aromatic heterocycles. The fourth-order valence-corrected chi connectivity index (χ4v) is 3.31. The van der Waals surface area contributed by atoms with Gasteiger partial charge in [0.15, 0.2) is 11.6 Å². The predicted molar refractivity (Wildman–Crippen MR) is 106 cm³/mol. The van der Waals surface area contributed by atoms with Gasteiger partial charge in [0.2, 0.25) is 5.91 Å². The van der Waals surface area contributed by atoms with E-state index in [4.69, 9.17) is 4.74 Å². The molecule has 1 N–H and O–H groups in total. The van der Waals surface area contributed by atoms with Crippen molar-refractivity contribution in [1.82, 2.24) is 25.0 Å². The minimum absolute atomic E-state index is 0.0558. The summed E-state index contributed by atoms with van der Waals surface area (Å²) < 4.78 is 4.87. The summed E-state index contributed by atoms with van der Waals surface area (Å²) in [6.07, 6.45) is 1.33. The van der Waals surface area contributed by atoms with Crippen LogP contribution in [0.1, 0.15) is 5.56 Å². The molecule has 2 amide bonds. The zero-order chi connectivity index (χ0) is 20.2. The van der Waals surface area contributed by atoms with Crippen LogP contribution in [0.25, 0.3) is 0 Å². The number of pyridine rings is 1. The molecule has 2 fully saturated rings. The predicted octanol–water partition coefficient (Wildman–Crippen LogP) is 1.02. The highest BCUT2D eigenvalue weighted by atomic mass is 16.6. The number of hydrogen-bond donors (Lipinski definition) is 1. The maximum absolute atomic E-state index is 12.4. The number of piperazine rings is 1. The fraction of sp³-hybridized carbons (Fsp3) is 0.421. The molecule has 0 aromatic carbocycles. The van der Waals surface area contributed by atoms with Crippen molar-refractivity contribution < 1.29 is 14.3 Å². The van der Waals surface area contributed by atoms with E-state index in [-0.39, 0.29) is 12.5 Å². The first-order chi connectivity index (χ1) is 14.1. The Morgan fingerprint density at radius 3 is 2.59 bits per heavy atom. The number of ether oxygens (including phenoxy) is 1. The van der Waals surface area contributed by atoms with Crippen LogP contribution >= 0.6 is 0 Å². The summed E-state index contributed by atoms with van der Waals surface area (Å²) in [6, 6.07) is 7.64. The monoisotopic (exact) mass is 397 g/mol. The molecule has 0 unspecified atom stereocenters. The van der Waals surface area contributed by atoms with Gasteiger partial charge in [-0.25, -0.2) is 9.78 Å². The lowest BCUT2D eigenvalue weighted by Gasteiger charge is -2.35. The van der Waals surface area contributed by atoms with Gasteiger partial charge in [-0.1, -0.05) is 0 Å². The van der Waals surface area contributed by atoms with Gasteiger partial charge in [-0.15, -0.1) is 10.2 Å². The molecule has 152 valence electrons. The van der Waals surface area contributed by atoms with E-state index in [1.54, 1.807) is 11.1 Å². The zero-order valence-corrected chi connectivity index (χ0v) is 16.2. The molecule has 0 saturated carbocycles. The summed E-state index contributed by atoms with van der Waals surface area (Å²) in [7, 11) is 0. The molecule has 10 nitrogen and oxygen atoms in total. The van der Waals surface area contributed by atoms with E-state index in [0.717, 1.165) is 17.2 Å². The lowest BCUT2D eigenvalue weighted by atomic mass is 10.3. The topological polar surface area (TPSA) is 104 Å². The van der Waals surface area contributed by atoms with Crippen LogP contribution in [0.4, 0.5) is 22.2 Å². The number of aryl methyl sites for hydroxylation is 1. The van der Waals surface area contributed by atoms with E-state index in [2.05, 4.69) is 25.4 Å². The van der Waals surface area contributed by atoms with E-state index in [0.29, 0.717) is 45.1 Å². The molecule has 2 aliphatic heterocycles. The molecular formula is C19H23N7O3. The summed E-state index contributed by atoms with van der Waals surface area (Å²) >= 11 is 0. The quantitative estimate of drug-likeness (QED) is 0.798. The van der Waals surface area contributed by atoms with Crippen LogP contribution in [-0.2, 0) is 9.53 Å². The Bertz CT molecular complexity index is 882. The smallest absolute Gasteiger partial charge is 0.410 e. The number of aromatic nitrogens is 3. The second-order valence-electron chi connectivity index (χ2n) is 7.02. The van der Waals surface area contributed by atoms with Crippen molar-refractivity contribution >= 4 is 29.5 Å². The van der Waals surface area contributed by atoms with Gasteiger partial charge >= 0.3 is 6.09 Å². The van der Waals surface area contributed by atoms with Crippen LogP contribution in [0.15, 0.2) is 30.5 Å². The van der Waals surface area contributed by atoms with Crippen molar-refractivity contribution in [3.8, 4) is 0 Å². The van der Waals surface area contributed by atoms with Crippen molar-refractivity contribution in [3.05, 3.63) is 36.0 Å². The van der Waals surface area contributed by atoms with E-state index in [1.165, 1.54) is 4.90 Å². The Morgan fingerprint density at radius 2 is 1.93 bits per heavy atom. The van der Waals surface area contributed by atoms with Gasteiger partial charge in [-0.2, -0.15) is 0 Å². The molecule has 0 bridgehead atoms. The van der Waals surface area contributed by atoms with E-state index >= 15 is 0 Å². The summed E-state index contributed by atoms with van der Waals surface area (Å²) in [4.78, 5) is 33.4. The molecule has 2 aliphatic rings. The first kappa shape index (κ1) is 18.9. The number of hydrogen-bond acceptors (Lipinski definition) is 8. The maximum Gasteiger partial charge on any atom is 0.410 e. The second kappa shape index (κ2) is 8.29. The van der Waals surface area contributed by atoms with Crippen LogP contribution in [0.5, 0.6) is 0 Å². The number of rotatable bonds is 5. The Balaban J connectivity index is 1.29. The van der Waals surface area contributed by atoms with E-state index in [1.807, 2.05) is 31.2 Å². The zero-order valence-electron chi connectivity index (χ0n) is 16.2. The average Bonchev–Trinajstić information content (AvgIpc) is 3.13. The van der Waals surface area contributed by atoms with Gasteiger partial charge in [0.25, 0.3) is 0 Å². The third-order valence-electron chi connectivity index (χ3n) is 4.95. The normalized spacial score (nSPS) is 16.7. The van der Waals surface area contributed by atoms with Crippen LogP contribution in [-0.4, -0.2) is 82.9 Å². The summed E-state index contributed by atoms with van der Waals surface area (Å²) in [5.41, 5.74) is 1.11. The Hall–Kier alpha value is -3.43. The minimum Gasteiger partial charge on any atom is -0.448 e. The third-order valence-corrected chi connectivity index (χ3v) is 4.95. The highest BCUT2D eigenvalue weighted by molar-refractivity contribution is 5.83. The van der Waals surface area contributed by atoms with Gasteiger partial charge in [0.1, 0.15) is 19.0 Å². The summed E-state index contributed by atoms with van der Waals surface area (Å²) in [5.74, 6) is 2.06. The number of cyclic esters (lactones) is 1. The van der Waals surface area contributed by atoms with E-state index < -0.39 is 6.09 Å². The van der Waals surface area contributed by atoms with Crippen LogP contribution < -0.4 is 10.2 Å². The van der Waals surface area contributed by atoms with Gasteiger partial charge in [-0.3, -0.25) is 9.69 Å². The third kappa shape index (κ3) is 4.53. The number of carbonyl (C=O) groups is 2. The molecular weight excluding hydrogens is 374 g/mol. The van der Waals surface area contributed by atoms with Gasteiger partial charge in [0, 0.05) is 32.4 Å². The van der Waals surface area contributed by atoms with Crippen molar-refractivity contribution in [3.63, 3.8) is 0 Å². The molecule has 4 rings (SSSR count). The fourth-order valence-electron chi connectivity index (χ4n) is 3.31. The highest BCUT2D eigenvalue weighted by Crippen LogP contribution is 2.17. The Morgan fingerprint density at radius 1 is 1.10 bits per heavy atom. The minimum atomic E-state index is -0.415. The molecule has 10 heteroatoms. The number of anilines is 3. The molecule has 4 heterocycles. The number of amides is 2. The summed E-state index contributed by atoms with van der Waals surface area (Å²) in [5, 5.41) is 11.7. The SMILES string of the molecule is Cc1ccnc(Nc2ccc(N3CCN(C(=O)CN4CCOC4=O)CC3)nn2)c1. The van der Waals surface area contributed by atoms with Crippen LogP contribution in [0.3, 0.4) is 0 Å². The highest BCUT2D eigenvalue weighted by Gasteiger charge is 2.28. The van der Waals surface area contributed by atoms with Crippen LogP contribution in [0.2, 0.25) is 0 Å². The van der Waals surface area contributed by atoms with Gasteiger partial charge in [-0.05, 0) is 36.8 Å². The Kier molecular flexibility index (Phi) is 5.41. The molecule has 0 aliphatic carbocycles. The first-order valence-electron chi connectivity index (χ1n) is 9.56. The van der Waals surface area contributed by atoms with Crippen molar-refractivity contribution in [2.75, 3.05) is 56.1 Å². The number of nitrogens with one attached hydrogen (secondary N) is 1. The molecule has 0 atom stereocenters. The Labute approximate surface area is 168 Å². The lowest BCUT2D eigenvalue weighted by Crippen LogP contribution is -2.51. The second-order valence-corrected chi connectivity index (χ2v) is 7.02. The lowest BCUT2D eigenvalue weighted by molar-refractivity contribution is -0.132. The molecule has 2 saturated heterocycles. The molecule has 0 spiro atoms. The van der Waals surface area contributed by atoms with Crippen molar-refractivity contribution in [1.29, 1.82) is 0 Å². The standard InChI is InChI=1S/C19H23N7O3/c1-14-4-5-20-16(12-14)21-15-2-3-17(23-22-15)24-6-8-25(9-7-24)18(27)13-26-10-11-29-19(26)28/h2-5,12H,6-11,13H2,1H3,(H,20,21,22). The van der Waals surface area contributed by atoms with Crippen molar-refractivity contribution in [2.45, 2.75) is 6.92 Å². The molecule has 0 radical (unpaired) electrons. The van der Waals surface area contributed by atoms with Gasteiger partial charge < -0.3 is 19.9 Å². The molecule has 29 heavy (non-hydrogen) atoms. The van der Waals surface area contributed by atoms with Crippen molar-refractivity contribution in [2.24, 2.45) is 0 Å². The van der Waals surface area contributed by atoms with E-state index in [9.17, 15) is 9.59 Å². The number of nitrogens with zero attached hydrogens (tertiary/aromatic N) is 6. The van der Waals surface area contributed by atoms with Crippen LogP contribution in [0, 0.1) is 6.92 Å². The van der Waals surface area contributed by atoms with Gasteiger partial charge in [0.05, 0.1) is 6.54 Å². The maximum atomic E-state index is 12.4. The average molecular weight is 397 g/mol.